The third-order valence-corrected chi connectivity index (χ3v) is 2.89. The van der Waals surface area contributed by atoms with E-state index in [0.29, 0.717) is 19.5 Å². The number of carboxylic acid groups (broad SMARTS) is 1. The number of carbonyl (C=O) groups is 1. The molecule has 100 valence electrons. The number of likely N-dealkylation sites (N-methyl/N-ethyl adjacent to an activating group) is 1. The lowest BCUT2D eigenvalue weighted by Gasteiger charge is -2.24. The number of halogens is 1. The van der Waals surface area contributed by atoms with Crippen LogP contribution in [-0.2, 0) is 4.79 Å². The number of nitrogens with zero attached hydrogens (tertiary/aromatic N) is 1. The summed E-state index contributed by atoms with van der Waals surface area (Å²) >= 11 is 0. The first-order valence-electron chi connectivity index (χ1n) is 5.99. The van der Waals surface area contributed by atoms with E-state index < -0.39 is 12.0 Å². The molecule has 1 atom stereocenters. The van der Waals surface area contributed by atoms with Crippen LogP contribution in [0, 0.1) is 5.82 Å². The zero-order chi connectivity index (χ0) is 13.5. The molecule has 0 fully saturated rings. The molecule has 0 bridgehead atoms. The quantitative estimate of drug-likeness (QED) is 0.778. The third kappa shape index (κ3) is 4.00. The lowest BCUT2D eigenvalue weighted by atomic mass is 10.2. The first-order valence-corrected chi connectivity index (χ1v) is 5.99. The molecule has 0 saturated carbocycles. The first-order chi connectivity index (χ1) is 8.58. The Bertz CT molecular complexity index is 398. The Kier molecular flexibility index (Phi) is 5.58. The molecular formula is C13H19FN2O2. The molecule has 0 aromatic heterocycles. The smallest absolute Gasteiger partial charge is 0.320 e. The first kappa shape index (κ1) is 14.4. The number of hydrogen-bond donors (Lipinski definition) is 2. The highest BCUT2D eigenvalue weighted by Gasteiger charge is 2.16. The van der Waals surface area contributed by atoms with Crippen LogP contribution in [0.5, 0.6) is 0 Å². The van der Waals surface area contributed by atoms with Gasteiger partial charge in [-0.1, -0.05) is 6.07 Å². The van der Waals surface area contributed by atoms with Gasteiger partial charge >= 0.3 is 5.97 Å². The molecule has 4 nitrogen and oxygen atoms in total. The maximum atomic E-state index is 13.1. The second-order valence-corrected chi connectivity index (χ2v) is 4.03. The highest BCUT2D eigenvalue weighted by molar-refractivity contribution is 5.73. The van der Waals surface area contributed by atoms with Crippen molar-refractivity contribution in [2.24, 2.45) is 0 Å². The summed E-state index contributed by atoms with van der Waals surface area (Å²) in [5, 5.41) is 11.7. The molecule has 1 aromatic carbocycles. The summed E-state index contributed by atoms with van der Waals surface area (Å²) in [6.07, 6.45) is 0.468. The van der Waals surface area contributed by atoms with Gasteiger partial charge in [0.05, 0.1) is 0 Å². The van der Waals surface area contributed by atoms with Crippen molar-refractivity contribution in [3.8, 4) is 0 Å². The zero-order valence-electron chi connectivity index (χ0n) is 10.7. The maximum absolute atomic E-state index is 13.1. The Hall–Kier alpha value is -1.62. The van der Waals surface area contributed by atoms with Crippen molar-refractivity contribution in [1.29, 1.82) is 0 Å². The Morgan fingerprint density at radius 1 is 1.56 bits per heavy atom. The van der Waals surface area contributed by atoms with Gasteiger partial charge in [0.15, 0.2) is 0 Å². The average Bonchev–Trinajstić information content (AvgIpc) is 2.34. The Balaban J connectivity index is 2.65. The van der Waals surface area contributed by atoms with Crippen LogP contribution in [0.3, 0.4) is 0 Å². The van der Waals surface area contributed by atoms with Crippen LogP contribution in [0.25, 0.3) is 0 Å². The SMILES string of the molecule is CCN(CCC(NC)C(=O)O)c1cccc(F)c1. The number of hydrogen-bond acceptors (Lipinski definition) is 3. The van der Waals surface area contributed by atoms with E-state index in [9.17, 15) is 9.18 Å². The predicted molar refractivity (Wildman–Crippen MR) is 69.4 cm³/mol. The molecule has 0 spiro atoms. The van der Waals surface area contributed by atoms with E-state index in [2.05, 4.69) is 5.32 Å². The number of aliphatic carboxylic acids is 1. The van der Waals surface area contributed by atoms with E-state index >= 15 is 0 Å². The second kappa shape index (κ2) is 6.96. The number of carboxylic acids is 1. The molecule has 1 aromatic rings. The summed E-state index contributed by atoms with van der Waals surface area (Å²) in [6.45, 7) is 3.23. The summed E-state index contributed by atoms with van der Waals surface area (Å²) < 4.78 is 13.1. The number of anilines is 1. The molecule has 1 unspecified atom stereocenters. The molecule has 0 aliphatic rings. The van der Waals surface area contributed by atoms with E-state index in [0.717, 1.165) is 5.69 Å². The van der Waals surface area contributed by atoms with Gasteiger partial charge in [0.25, 0.3) is 0 Å². The second-order valence-electron chi connectivity index (χ2n) is 4.03. The minimum Gasteiger partial charge on any atom is -0.480 e. The molecule has 0 heterocycles. The molecule has 0 saturated heterocycles. The standard InChI is InChI=1S/C13H19FN2O2/c1-3-16(8-7-12(15-2)13(17)18)11-6-4-5-10(14)9-11/h4-6,9,12,15H,3,7-8H2,1-2H3,(H,17,18). The molecule has 1 rings (SSSR count). The van der Waals surface area contributed by atoms with Gasteiger partial charge in [0.2, 0.25) is 0 Å². The van der Waals surface area contributed by atoms with Crippen molar-refractivity contribution in [3.05, 3.63) is 30.1 Å². The van der Waals surface area contributed by atoms with E-state index in [4.69, 9.17) is 5.11 Å². The molecule has 18 heavy (non-hydrogen) atoms. The van der Waals surface area contributed by atoms with E-state index in [1.54, 1.807) is 13.1 Å². The summed E-state index contributed by atoms with van der Waals surface area (Å²) in [6, 6.07) is 5.75. The normalized spacial score (nSPS) is 12.2. The molecule has 0 aliphatic carbocycles. The van der Waals surface area contributed by atoms with Gasteiger partial charge in [-0.25, -0.2) is 4.39 Å². The lowest BCUT2D eigenvalue weighted by Crippen LogP contribution is -2.38. The van der Waals surface area contributed by atoms with Gasteiger partial charge in [-0.3, -0.25) is 4.79 Å². The van der Waals surface area contributed by atoms with Crippen LogP contribution in [0.1, 0.15) is 13.3 Å². The number of rotatable bonds is 7. The zero-order valence-corrected chi connectivity index (χ0v) is 10.7. The summed E-state index contributed by atoms with van der Waals surface area (Å²) in [5.41, 5.74) is 0.776. The van der Waals surface area contributed by atoms with Crippen LogP contribution in [-0.4, -0.2) is 37.3 Å². The number of benzene rings is 1. The number of nitrogens with one attached hydrogen (secondary N) is 1. The molecule has 0 aliphatic heterocycles. The van der Waals surface area contributed by atoms with E-state index in [1.165, 1.54) is 12.1 Å². The molecule has 5 heteroatoms. The van der Waals surface area contributed by atoms with Gasteiger partial charge in [-0.2, -0.15) is 0 Å². The van der Waals surface area contributed by atoms with Crippen molar-refractivity contribution in [2.45, 2.75) is 19.4 Å². The molecular weight excluding hydrogens is 235 g/mol. The maximum Gasteiger partial charge on any atom is 0.320 e. The van der Waals surface area contributed by atoms with Gasteiger partial charge in [-0.15, -0.1) is 0 Å². The Labute approximate surface area is 106 Å². The lowest BCUT2D eigenvalue weighted by molar-refractivity contribution is -0.139. The fourth-order valence-corrected chi connectivity index (χ4v) is 1.82. The fraction of sp³-hybridized carbons (Fsp3) is 0.462. The van der Waals surface area contributed by atoms with Gasteiger partial charge in [0, 0.05) is 18.8 Å². The van der Waals surface area contributed by atoms with Crippen LogP contribution in [0.4, 0.5) is 10.1 Å². The highest BCUT2D eigenvalue weighted by atomic mass is 19.1. The van der Waals surface area contributed by atoms with Gasteiger partial charge < -0.3 is 15.3 Å². The van der Waals surface area contributed by atoms with Gasteiger partial charge in [0.1, 0.15) is 11.9 Å². The summed E-state index contributed by atoms with van der Waals surface area (Å²) in [7, 11) is 1.62. The Morgan fingerprint density at radius 2 is 2.28 bits per heavy atom. The monoisotopic (exact) mass is 254 g/mol. The highest BCUT2D eigenvalue weighted by Crippen LogP contribution is 2.15. The van der Waals surface area contributed by atoms with Crippen LogP contribution >= 0.6 is 0 Å². The molecule has 2 N–H and O–H groups in total. The fourth-order valence-electron chi connectivity index (χ4n) is 1.82. The Morgan fingerprint density at radius 3 is 2.78 bits per heavy atom. The van der Waals surface area contributed by atoms with Crippen LogP contribution in [0.15, 0.2) is 24.3 Å². The minimum absolute atomic E-state index is 0.283. The van der Waals surface area contributed by atoms with Crippen LogP contribution in [0.2, 0.25) is 0 Å². The molecule has 0 amide bonds. The predicted octanol–water partition coefficient (Wildman–Crippen LogP) is 1.71. The van der Waals surface area contributed by atoms with Crippen molar-refractivity contribution in [2.75, 3.05) is 25.0 Å². The van der Waals surface area contributed by atoms with Crippen molar-refractivity contribution >= 4 is 11.7 Å². The van der Waals surface area contributed by atoms with Crippen molar-refractivity contribution in [3.63, 3.8) is 0 Å². The van der Waals surface area contributed by atoms with E-state index in [1.807, 2.05) is 17.9 Å². The average molecular weight is 254 g/mol. The third-order valence-electron chi connectivity index (χ3n) is 2.89. The van der Waals surface area contributed by atoms with Crippen LogP contribution < -0.4 is 10.2 Å². The van der Waals surface area contributed by atoms with E-state index in [-0.39, 0.29) is 5.82 Å². The minimum atomic E-state index is -0.868. The van der Waals surface area contributed by atoms with Crippen molar-refractivity contribution < 1.29 is 14.3 Å². The van der Waals surface area contributed by atoms with Gasteiger partial charge in [-0.05, 0) is 38.6 Å². The molecule has 0 radical (unpaired) electrons. The topological polar surface area (TPSA) is 52.6 Å². The summed E-state index contributed by atoms with van der Waals surface area (Å²) in [5.74, 6) is -1.15. The largest absolute Gasteiger partial charge is 0.480 e. The van der Waals surface area contributed by atoms with Crippen molar-refractivity contribution in [1.82, 2.24) is 5.32 Å². The summed E-state index contributed by atoms with van der Waals surface area (Å²) in [4.78, 5) is 12.8.